The lowest BCUT2D eigenvalue weighted by molar-refractivity contribution is 0.0995. The van der Waals surface area contributed by atoms with E-state index in [1.54, 1.807) is 23.2 Å². The Morgan fingerprint density at radius 2 is 2.00 bits per heavy atom. The highest BCUT2D eigenvalue weighted by Crippen LogP contribution is 2.32. The molecule has 0 radical (unpaired) electrons. The summed E-state index contributed by atoms with van der Waals surface area (Å²) in [5.41, 5.74) is 9.32. The van der Waals surface area contributed by atoms with E-state index in [9.17, 15) is 4.79 Å². The van der Waals surface area contributed by atoms with Gasteiger partial charge in [-0.1, -0.05) is 6.07 Å². The van der Waals surface area contributed by atoms with Crippen LogP contribution in [-0.2, 0) is 18.8 Å². The predicted octanol–water partition coefficient (Wildman–Crippen LogP) is 1.30. The lowest BCUT2D eigenvalue weighted by Gasteiger charge is -2.22. The first-order valence-electron chi connectivity index (χ1n) is 7.03. The number of nitrogens with zero attached hydrogens (tertiary/aromatic N) is 2. The Morgan fingerprint density at radius 3 is 2.65 bits per heavy atom. The van der Waals surface area contributed by atoms with Crippen molar-refractivity contribution in [2.45, 2.75) is 25.5 Å². The molecule has 1 aliphatic rings. The zero-order chi connectivity index (χ0) is 14.4. The van der Waals surface area contributed by atoms with Gasteiger partial charge in [0.1, 0.15) is 0 Å². The monoisotopic (exact) mass is 275 g/mol. The largest absolute Gasteiger partial charge is 0.378 e. The summed E-state index contributed by atoms with van der Waals surface area (Å²) in [6, 6.07) is 5.99. The smallest absolute Gasteiger partial charge is 0.328 e. The molecule has 1 aromatic carbocycles. The fourth-order valence-corrected chi connectivity index (χ4v) is 3.20. The molecule has 1 aliphatic heterocycles. The summed E-state index contributed by atoms with van der Waals surface area (Å²) >= 11 is 0. The second-order valence-electron chi connectivity index (χ2n) is 5.70. The molecule has 108 valence electrons. The molecule has 5 heteroatoms. The van der Waals surface area contributed by atoms with Crippen molar-refractivity contribution in [3.8, 4) is 0 Å². The van der Waals surface area contributed by atoms with Crippen molar-refractivity contribution < 1.29 is 4.74 Å². The van der Waals surface area contributed by atoms with Gasteiger partial charge in [0, 0.05) is 32.7 Å². The molecule has 0 amide bonds. The van der Waals surface area contributed by atoms with E-state index in [0.29, 0.717) is 5.92 Å². The average Bonchev–Trinajstić information content (AvgIpc) is 2.97. The topological polar surface area (TPSA) is 62.2 Å². The van der Waals surface area contributed by atoms with Crippen molar-refractivity contribution in [3.63, 3.8) is 0 Å². The number of benzene rings is 1. The standard InChI is InChI=1S/C15H21N3O2/c1-9-11(6-7-20-9)14(16)10-4-5-12-13(8-10)18(3)15(19)17(12)2/h4-5,8-9,11,14H,6-7,16H2,1-3H3. The quantitative estimate of drug-likeness (QED) is 0.898. The van der Waals surface area contributed by atoms with Crippen LogP contribution in [0.2, 0.25) is 0 Å². The van der Waals surface area contributed by atoms with E-state index >= 15 is 0 Å². The highest BCUT2D eigenvalue weighted by atomic mass is 16.5. The van der Waals surface area contributed by atoms with Crippen molar-refractivity contribution in [3.05, 3.63) is 34.2 Å². The molecule has 3 unspecified atom stereocenters. The first-order chi connectivity index (χ1) is 9.50. The van der Waals surface area contributed by atoms with E-state index in [1.165, 1.54) is 0 Å². The Hall–Kier alpha value is -1.59. The number of ether oxygens (including phenoxy) is 1. The number of nitrogens with two attached hydrogens (primary N) is 1. The van der Waals surface area contributed by atoms with E-state index in [4.69, 9.17) is 10.5 Å². The predicted molar refractivity (Wildman–Crippen MR) is 78.6 cm³/mol. The molecule has 2 heterocycles. The molecule has 3 rings (SSSR count). The lowest BCUT2D eigenvalue weighted by atomic mass is 9.89. The van der Waals surface area contributed by atoms with Gasteiger partial charge >= 0.3 is 5.69 Å². The van der Waals surface area contributed by atoms with Crippen LogP contribution in [0.5, 0.6) is 0 Å². The molecule has 5 nitrogen and oxygen atoms in total. The minimum atomic E-state index is -0.0489. The van der Waals surface area contributed by atoms with Crippen LogP contribution in [0.3, 0.4) is 0 Å². The van der Waals surface area contributed by atoms with Crippen molar-refractivity contribution >= 4 is 11.0 Å². The number of fused-ring (bicyclic) bond motifs is 1. The Morgan fingerprint density at radius 1 is 1.30 bits per heavy atom. The van der Waals surface area contributed by atoms with Gasteiger partial charge in [-0.25, -0.2) is 4.79 Å². The molecule has 2 aromatic rings. The van der Waals surface area contributed by atoms with E-state index in [-0.39, 0.29) is 17.8 Å². The third kappa shape index (κ3) is 1.89. The fourth-order valence-electron chi connectivity index (χ4n) is 3.20. The van der Waals surface area contributed by atoms with Gasteiger partial charge < -0.3 is 10.5 Å². The van der Waals surface area contributed by atoms with E-state index in [0.717, 1.165) is 29.6 Å². The maximum atomic E-state index is 12.0. The Labute approximate surface area is 117 Å². The first kappa shape index (κ1) is 13.4. The van der Waals surface area contributed by atoms with Crippen molar-refractivity contribution in [1.29, 1.82) is 0 Å². The molecule has 0 bridgehead atoms. The molecule has 20 heavy (non-hydrogen) atoms. The molecule has 0 aliphatic carbocycles. The average molecular weight is 275 g/mol. The summed E-state index contributed by atoms with van der Waals surface area (Å²) in [7, 11) is 3.58. The molecule has 1 saturated heterocycles. The van der Waals surface area contributed by atoms with Gasteiger partial charge in [-0.15, -0.1) is 0 Å². The molecule has 1 fully saturated rings. The fraction of sp³-hybridized carbons (Fsp3) is 0.533. The second-order valence-corrected chi connectivity index (χ2v) is 5.70. The van der Waals surface area contributed by atoms with Gasteiger partial charge in [0.25, 0.3) is 0 Å². The maximum absolute atomic E-state index is 12.0. The van der Waals surface area contributed by atoms with Crippen molar-refractivity contribution in [1.82, 2.24) is 9.13 Å². The molecule has 0 spiro atoms. The highest BCUT2D eigenvalue weighted by molar-refractivity contribution is 5.77. The van der Waals surface area contributed by atoms with Crippen molar-refractivity contribution in [2.75, 3.05) is 6.61 Å². The van der Waals surface area contributed by atoms with Crippen LogP contribution in [0.4, 0.5) is 0 Å². The third-order valence-electron chi connectivity index (χ3n) is 4.58. The molecule has 3 atom stereocenters. The van der Waals surface area contributed by atoms with Gasteiger partial charge in [-0.2, -0.15) is 0 Å². The number of rotatable bonds is 2. The van der Waals surface area contributed by atoms with Crippen LogP contribution in [0.15, 0.2) is 23.0 Å². The van der Waals surface area contributed by atoms with Crippen LogP contribution in [0.25, 0.3) is 11.0 Å². The van der Waals surface area contributed by atoms with Crippen LogP contribution in [0, 0.1) is 5.92 Å². The normalized spacial score (nSPS) is 24.4. The molecule has 1 aromatic heterocycles. The highest BCUT2D eigenvalue weighted by Gasteiger charge is 2.30. The molecular weight excluding hydrogens is 254 g/mol. The summed E-state index contributed by atoms with van der Waals surface area (Å²) in [4.78, 5) is 12.0. The number of imidazole rings is 1. The van der Waals surface area contributed by atoms with Gasteiger partial charge in [-0.05, 0) is 31.0 Å². The zero-order valence-corrected chi connectivity index (χ0v) is 12.2. The summed E-state index contributed by atoms with van der Waals surface area (Å²) in [6.07, 6.45) is 1.19. The second kappa shape index (κ2) is 4.75. The maximum Gasteiger partial charge on any atom is 0.328 e. The summed E-state index contributed by atoms with van der Waals surface area (Å²) in [5, 5.41) is 0. The summed E-state index contributed by atoms with van der Waals surface area (Å²) in [6.45, 7) is 2.86. The lowest BCUT2D eigenvalue weighted by Crippen LogP contribution is -2.26. The van der Waals surface area contributed by atoms with E-state index in [1.807, 2.05) is 18.2 Å². The van der Waals surface area contributed by atoms with E-state index < -0.39 is 0 Å². The van der Waals surface area contributed by atoms with Crippen LogP contribution < -0.4 is 11.4 Å². The van der Waals surface area contributed by atoms with Gasteiger partial charge in [0.2, 0.25) is 0 Å². The minimum absolute atomic E-state index is 0.0108. The molecule has 0 saturated carbocycles. The SMILES string of the molecule is CC1OCCC1C(N)c1ccc2c(c1)n(C)c(=O)n2C. The van der Waals surface area contributed by atoms with Crippen LogP contribution in [-0.4, -0.2) is 21.8 Å². The van der Waals surface area contributed by atoms with Gasteiger partial charge in [-0.3, -0.25) is 9.13 Å². The number of hydrogen-bond acceptors (Lipinski definition) is 3. The Bertz CT molecular complexity index is 701. The van der Waals surface area contributed by atoms with E-state index in [2.05, 4.69) is 6.92 Å². The van der Waals surface area contributed by atoms with Gasteiger partial charge in [0.15, 0.2) is 0 Å². The number of aryl methyl sites for hydroxylation is 2. The number of aromatic nitrogens is 2. The number of hydrogen-bond donors (Lipinski definition) is 1. The zero-order valence-electron chi connectivity index (χ0n) is 12.2. The van der Waals surface area contributed by atoms with Gasteiger partial charge in [0.05, 0.1) is 17.1 Å². The molecular formula is C15H21N3O2. The summed E-state index contributed by atoms with van der Waals surface area (Å²) < 4.78 is 8.93. The van der Waals surface area contributed by atoms with Crippen molar-refractivity contribution in [2.24, 2.45) is 25.7 Å². The third-order valence-corrected chi connectivity index (χ3v) is 4.58. The Balaban J connectivity index is 2.05. The first-order valence-corrected chi connectivity index (χ1v) is 7.03. The molecule has 2 N–H and O–H groups in total. The Kier molecular flexibility index (Phi) is 3.18. The summed E-state index contributed by atoms with van der Waals surface area (Å²) in [5.74, 6) is 0.341. The minimum Gasteiger partial charge on any atom is -0.378 e. The van der Waals surface area contributed by atoms with Crippen LogP contribution in [0.1, 0.15) is 24.9 Å². The van der Waals surface area contributed by atoms with Crippen LogP contribution >= 0.6 is 0 Å².